The van der Waals surface area contributed by atoms with Crippen molar-refractivity contribution in [3.63, 3.8) is 0 Å². The van der Waals surface area contributed by atoms with Gasteiger partial charge in [-0.15, -0.1) is 0 Å². The van der Waals surface area contributed by atoms with Gasteiger partial charge in [-0.05, 0) is 59.3 Å². The van der Waals surface area contributed by atoms with Gasteiger partial charge in [0.15, 0.2) is 0 Å². The fourth-order valence-electron chi connectivity index (χ4n) is 3.21. The molecule has 0 aromatic rings. The van der Waals surface area contributed by atoms with Crippen LogP contribution < -0.4 is 10.6 Å². The highest BCUT2D eigenvalue weighted by Crippen LogP contribution is 2.22. The van der Waals surface area contributed by atoms with Gasteiger partial charge in [0.2, 0.25) is 0 Å². The number of ether oxygens (including phenoxy) is 1. The number of nitrogens with one attached hydrogen (secondary N) is 2. The molecule has 3 heteroatoms. The van der Waals surface area contributed by atoms with E-state index < -0.39 is 0 Å². The molecule has 1 aliphatic heterocycles. The van der Waals surface area contributed by atoms with Gasteiger partial charge in [0.25, 0.3) is 0 Å². The van der Waals surface area contributed by atoms with E-state index in [0.717, 1.165) is 25.3 Å². The third-order valence-electron chi connectivity index (χ3n) is 4.06. The second-order valence-electron chi connectivity index (χ2n) is 7.00. The van der Waals surface area contributed by atoms with Crippen molar-refractivity contribution in [2.24, 2.45) is 0 Å². The van der Waals surface area contributed by atoms with Crippen molar-refractivity contribution < 1.29 is 4.74 Å². The summed E-state index contributed by atoms with van der Waals surface area (Å²) in [6.07, 6.45) is 7.67. The van der Waals surface area contributed by atoms with E-state index in [1.165, 1.54) is 38.5 Å². The van der Waals surface area contributed by atoms with E-state index in [1.54, 1.807) is 0 Å². The average molecular weight is 254 g/mol. The molecule has 0 spiro atoms. The van der Waals surface area contributed by atoms with Gasteiger partial charge in [0.1, 0.15) is 0 Å². The van der Waals surface area contributed by atoms with Crippen molar-refractivity contribution in [2.45, 2.75) is 83.0 Å². The van der Waals surface area contributed by atoms with Crippen molar-refractivity contribution in [1.82, 2.24) is 10.6 Å². The second-order valence-corrected chi connectivity index (χ2v) is 7.00. The first-order valence-electron chi connectivity index (χ1n) is 7.64. The zero-order chi connectivity index (χ0) is 13.0. The molecule has 2 aliphatic rings. The molecule has 1 aliphatic carbocycles. The minimum atomic E-state index is 0.256. The van der Waals surface area contributed by atoms with Crippen LogP contribution in [0.2, 0.25) is 0 Å². The number of hydrogen-bond acceptors (Lipinski definition) is 3. The van der Waals surface area contributed by atoms with Gasteiger partial charge in [0.05, 0.1) is 0 Å². The third kappa shape index (κ3) is 4.87. The van der Waals surface area contributed by atoms with E-state index >= 15 is 0 Å². The Morgan fingerprint density at radius 3 is 1.83 bits per heavy atom. The zero-order valence-electron chi connectivity index (χ0n) is 12.3. The number of hydrogen-bond donors (Lipinski definition) is 2. The topological polar surface area (TPSA) is 33.3 Å². The maximum absolute atomic E-state index is 5.41. The molecule has 2 rings (SSSR count). The Bertz CT molecular complexity index is 235. The smallest absolute Gasteiger partial charge is 0.0480 e. The zero-order valence-corrected chi connectivity index (χ0v) is 12.3. The normalized spacial score (nSPS) is 31.5. The van der Waals surface area contributed by atoms with Crippen LogP contribution in [-0.4, -0.2) is 36.9 Å². The molecule has 0 amide bonds. The van der Waals surface area contributed by atoms with E-state index in [2.05, 4.69) is 31.4 Å². The summed E-state index contributed by atoms with van der Waals surface area (Å²) in [5, 5.41) is 7.57. The summed E-state index contributed by atoms with van der Waals surface area (Å²) in [6, 6.07) is 2.17. The van der Waals surface area contributed by atoms with Crippen LogP contribution >= 0.6 is 0 Å². The van der Waals surface area contributed by atoms with Gasteiger partial charge in [-0.3, -0.25) is 0 Å². The van der Waals surface area contributed by atoms with Gasteiger partial charge in [-0.1, -0.05) is 0 Å². The molecule has 0 bridgehead atoms. The van der Waals surface area contributed by atoms with Gasteiger partial charge in [-0.25, -0.2) is 0 Å². The van der Waals surface area contributed by atoms with Crippen molar-refractivity contribution in [3.8, 4) is 0 Å². The fraction of sp³-hybridized carbons (Fsp3) is 1.00. The highest BCUT2D eigenvalue weighted by Gasteiger charge is 2.26. The van der Waals surface area contributed by atoms with Crippen molar-refractivity contribution in [1.29, 1.82) is 0 Å². The quantitative estimate of drug-likeness (QED) is 0.811. The molecule has 0 aromatic heterocycles. The second kappa shape index (κ2) is 6.36. The molecule has 0 unspecified atom stereocenters. The maximum Gasteiger partial charge on any atom is 0.0480 e. The molecule has 1 saturated heterocycles. The van der Waals surface area contributed by atoms with Crippen LogP contribution in [0.1, 0.15) is 59.3 Å². The van der Waals surface area contributed by atoms with Gasteiger partial charge < -0.3 is 15.4 Å². The van der Waals surface area contributed by atoms with Crippen molar-refractivity contribution in [2.75, 3.05) is 13.2 Å². The minimum absolute atomic E-state index is 0.256. The molecule has 0 aromatic carbocycles. The Labute approximate surface area is 112 Å². The van der Waals surface area contributed by atoms with Crippen molar-refractivity contribution >= 4 is 0 Å². The molecule has 3 nitrogen and oxygen atoms in total. The van der Waals surface area contributed by atoms with E-state index in [-0.39, 0.29) is 5.54 Å². The van der Waals surface area contributed by atoms with Crippen LogP contribution in [0.3, 0.4) is 0 Å². The van der Waals surface area contributed by atoms with Crippen molar-refractivity contribution in [3.05, 3.63) is 0 Å². The Morgan fingerprint density at radius 1 is 0.778 bits per heavy atom. The third-order valence-corrected chi connectivity index (χ3v) is 4.06. The largest absolute Gasteiger partial charge is 0.381 e. The SMILES string of the molecule is CC(C)(C)N[C@H]1CC[C@@H](NC2CCOCC2)CC1. The molecule has 0 radical (unpaired) electrons. The summed E-state index contributed by atoms with van der Waals surface area (Å²) in [5.41, 5.74) is 0.256. The first kappa shape index (κ1) is 14.3. The molecule has 106 valence electrons. The summed E-state index contributed by atoms with van der Waals surface area (Å²) >= 11 is 0. The predicted octanol–water partition coefficient (Wildman–Crippen LogP) is 2.45. The number of rotatable bonds is 3. The first-order chi connectivity index (χ1) is 8.53. The van der Waals surface area contributed by atoms with E-state index in [0.29, 0.717) is 6.04 Å². The summed E-state index contributed by atoms with van der Waals surface area (Å²) in [5.74, 6) is 0. The molecule has 2 N–H and O–H groups in total. The standard InChI is InChI=1S/C15H30N2O/c1-15(2,3)17-14-6-4-12(5-7-14)16-13-8-10-18-11-9-13/h12-14,16-17H,4-11H2,1-3H3/t12-,14+. The van der Waals surface area contributed by atoms with E-state index in [4.69, 9.17) is 4.74 Å². The molecular weight excluding hydrogens is 224 g/mol. The average Bonchev–Trinajstić information content (AvgIpc) is 2.31. The van der Waals surface area contributed by atoms with E-state index in [9.17, 15) is 0 Å². The molecular formula is C15H30N2O. The highest BCUT2D eigenvalue weighted by molar-refractivity contribution is 4.86. The monoisotopic (exact) mass is 254 g/mol. The lowest BCUT2D eigenvalue weighted by Crippen LogP contribution is -2.49. The Balaban J connectivity index is 1.66. The molecule has 1 heterocycles. The summed E-state index contributed by atoms with van der Waals surface area (Å²) < 4.78 is 5.41. The van der Waals surface area contributed by atoms with Crippen LogP contribution in [0, 0.1) is 0 Å². The lowest BCUT2D eigenvalue weighted by molar-refractivity contribution is 0.0724. The molecule has 2 fully saturated rings. The molecule has 1 saturated carbocycles. The summed E-state index contributed by atoms with van der Waals surface area (Å²) in [4.78, 5) is 0. The van der Waals surface area contributed by atoms with E-state index in [1.807, 2.05) is 0 Å². The van der Waals surface area contributed by atoms with Crippen LogP contribution in [0.5, 0.6) is 0 Å². The Morgan fingerprint density at radius 2 is 1.28 bits per heavy atom. The Kier molecular flexibility index (Phi) is 5.05. The molecule has 0 atom stereocenters. The van der Waals surface area contributed by atoms with Crippen LogP contribution in [-0.2, 0) is 4.74 Å². The van der Waals surface area contributed by atoms with Crippen LogP contribution in [0.4, 0.5) is 0 Å². The van der Waals surface area contributed by atoms with Gasteiger partial charge >= 0.3 is 0 Å². The lowest BCUT2D eigenvalue weighted by atomic mass is 9.89. The summed E-state index contributed by atoms with van der Waals surface area (Å²) in [7, 11) is 0. The predicted molar refractivity (Wildman–Crippen MR) is 75.9 cm³/mol. The Hall–Kier alpha value is -0.120. The molecule has 18 heavy (non-hydrogen) atoms. The minimum Gasteiger partial charge on any atom is -0.381 e. The lowest BCUT2D eigenvalue weighted by Gasteiger charge is -2.36. The van der Waals surface area contributed by atoms with Gasteiger partial charge in [-0.2, -0.15) is 0 Å². The maximum atomic E-state index is 5.41. The van der Waals surface area contributed by atoms with Gasteiger partial charge in [0, 0.05) is 36.9 Å². The van der Waals surface area contributed by atoms with Crippen LogP contribution in [0.15, 0.2) is 0 Å². The first-order valence-corrected chi connectivity index (χ1v) is 7.64. The fourth-order valence-corrected chi connectivity index (χ4v) is 3.21. The van der Waals surface area contributed by atoms with Crippen LogP contribution in [0.25, 0.3) is 0 Å². The summed E-state index contributed by atoms with van der Waals surface area (Å²) in [6.45, 7) is 8.68. The highest BCUT2D eigenvalue weighted by atomic mass is 16.5.